The van der Waals surface area contributed by atoms with E-state index in [2.05, 4.69) is 136 Å². The molecule has 16 nitrogen and oxygen atoms in total. The van der Waals surface area contributed by atoms with Crippen LogP contribution < -0.4 is 37.1 Å². The van der Waals surface area contributed by atoms with Gasteiger partial charge in [0.15, 0.2) is 0 Å². The van der Waals surface area contributed by atoms with Crippen LogP contribution in [0, 0.1) is 0 Å². The number of ether oxygens (including phenoxy) is 1. The van der Waals surface area contributed by atoms with Crippen LogP contribution in [0.4, 0.5) is 31.4 Å². The van der Waals surface area contributed by atoms with Gasteiger partial charge in [0.25, 0.3) is 0 Å². The number of rotatable bonds is 12. The van der Waals surface area contributed by atoms with E-state index < -0.39 is 6.09 Å². The van der Waals surface area contributed by atoms with Crippen molar-refractivity contribution in [2.24, 2.45) is 5.73 Å². The highest BCUT2D eigenvalue weighted by Crippen LogP contribution is 2.36. The Balaban J connectivity index is 0.000000133. The van der Waals surface area contributed by atoms with E-state index in [0.717, 1.165) is 72.3 Å². The highest BCUT2D eigenvalue weighted by Gasteiger charge is 2.27. The van der Waals surface area contributed by atoms with Crippen LogP contribution in [0.5, 0.6) is 5.75 Å². The Morgan fingerprint density at radius 2 is 0.705 bits per heavy atom. The monoisotopic (exact) mass is 1170 g/mol. The van der Waals surface area contributed by atoms with E-state index in [4.69, 9.17) is 10.5 Å². The third kappa shape index (κ3) is 18.0. The van der Waals surface area contributed by atoms with Gasteiger partial charge in [-0.3, -0.25) is 20.6 Å². The molecule has 3 fully saturated rings. The summed E-state index contributed by atoms with van der Waals surface area (Å²) < 4.78 is 5.19. The number of carbonyl (C=O) groups is 3. The van der Waals surface area contributed by atoms with E-state index in [1.807, 2.05) is 109 Å². The SMILES string of the molecule is NC1CCCC(c2ccccc2)C1.O=C(Nc1cn[nH]c1-c1ccccc1)NC1CCCC(c2ccccc2)C1.O=C(Nc1cn[nH]c1-c1ccccc1)NC1CCCC(c2ccccc2)C1.O=C(Nc1cn[nH]c1-c1ccccc1)Oc1ccccc1. The van der Waals surface area contributed by atoms with E-state index in [0.29, 0.717) is 46.6 Å². The van der Waals surface area contributed by atoms with Gasteiger partial charge in [0, 0.05) is 34.8 Å². The fraction of sp³-hybridized carbons (Fsp3) is 0.250. The number of para-hydroxylation sites is 1. The van der Waals surface area contributed by atoms with Gasteiger partial charge in [-0.05, 0) is 104 Å². The fourth-order valence-corrected chi connectivity index (χ4v) is 12.0. The molecule has 3 heterocycles. The molecule has 0 bridgehead atoms. The van der Waals surface area contributed by atoms with Crippen molar-refractivity contribution in [1.29, 1.82) is 0 Å². The lowest BCUT2D eigenvalue weighted by atomic mass is 9.81. The number of H-pyrrole nitrogens is 3. The Morgan fingerprint density at radius 3 is 1.07 bits per heavy atom. The summed E-state index contributed by atoms with van der Waals surface area (Å²) in [6, 6.07) is 70.7. The number of amides is 5. The van der Waals surface area contributed by atoms with Crippen molar-refractivity contribution >= 4 is 35.2 Å². The van der Waals surface area contributed by atoms with Crippen LogP contribution in [0.3, 0.4) is 0 Å². The molecule has 88 heavy (non-hydrogen) atoms. The molecule has 0 saturated heterocycles. The zero-order chi connectivity index (χ0) is 60.5. The minimum Gasteiger partial charge on any atom is -0.410 e. The summed E-state index contributed by atoms with van der Waals surface area (Å²) >= 11 is 0. The third-order valence-electron chi connectivity index (χ3n) is 16.3. The maximum atomic E-state index is 12.5. The quantitative estimate of drug-likeness (QED) is 0.0570. The molecule has 0 spiro atoms. The molecule has 450 valence electrons. The van der Waals surface area contributed by atoms with Crippen LogP contribution in [0.25, 0.3) is 33.8 Å². The molecule has 13 rings (SSSR count). The number of carbonyl (C=O) groups excluding carboxylic acids is 3. The number of anilines is 3. The van der Waals surface area contributed by atoms with E-state index in [1.165, 1.54) is 55.2 Å². The predicted molar refractivity (Wildman–Crippen MR) is 351 cm³/mol. The molecule has 16 heteroatoms. The molecule has 3 saturated carbocycles. The second kappa shape index (κ2) is 31.9. The van der Waals surface area contributed by atoms with Gasteiger partial charge in [-0.1, -0.05) is 219 Å². The standard InChI is InChI=1S/2C22H24N4O.C16H13N3O2.C12H17N/c2*27-22(25-20-15-23-26-21(20)17-10-5-2-6-11-17)24-19-13-7-12-18(14-19)16-8-3-1-4-9-16;20-16(21-13-9-5-2-6-10-13)18-14-11-17-19-15(14)12-7-3-1-4-8-12;13-12-8-4-7-11(9-12)10-5-2-1-3-6-10/h2*1-6,8-11,15,18-19H,7,12-14H2,(H,23,26)(H2,24,25,27);1-11H,(H,17,19)(H,18,20);1-3,5-6,11-12H,4,7-9,13H2. The van der Waals surface area contributed by atoms with Crippen molar-refractivity contribution in [3.05, 3.63) is 248 Å². The summed E-state index contributed by atoms with van der Waals surface area (Å²) in [6.45, 7) is 0. The highest BCUT2D eigenvalue weighted by molar-refractivity contribution is 5.94. The normalized spacial score (nSPS) is 18.6. The molecule has 0 aliphatic heterocycles. The first-order chi connectivity index (χ1) is 43.3. The Hall–Kier alpha value is -10.1. The topological polar surface area (TPSA) is 233 Å². The summed E-state index contributed by atoms with van der Waals surface area (Å²) in [4.78, 5) is 37.0. The van der Waals surface area contributed by atoms with Gasteiger partial charge >= 0.3 is 18.2 Å². The van der Waals surface area contributed by atoms with Crippen LogP contribution in [0.1, 0.15) is 111 Å². The number of urea groups is 2. The number of nitrogens with one attached hydrogen (secondary N) is 8. The summed E-state index contributed by atoms with van der Waals surface area (Å²) in [5, 5.41) is 35.8. The summed E-state index contributed by atoms with van der Waals surface area (Å²) in [5.41, 5.74) is 17.4. The lowest BCUT2D eigenvalue weighted by Crippen LogP contribution is -2.40. The van der Waals surface area contributed by atoms with Crippen molar-refractivity contribution in [2.45, 2.75) is 113 Å². The van der Waals surface area contributed by atoms with Crippen molar-refractivity contribution < 1.29 is 19.1 Å². The van der Waals surface area contributed by atoms with Crippen molar-refractivity contribution in [3.8, 4) is 39.5 Å². The zero-order valence-electron chi connectivity index (χ0n) is 49.4. The third-order valence-corrected chi connectivity index (χ3v) is 16.3. The maximum Gasteiger partial charge on any atom is 0.417 e. The number of nitrogens with two attached hydrogens (primary N) is 1. The summed E-state index contributed by atoms with van der Waals surface area (Å²) in [6.07, 6.45) is 17.9. The van der Waals surface area contributed by atoms with E-state index in [1.54, 1.807) is 42.9 Å². The van der Waals surface area contributed by atoms with Gasteiger partial charge in [-0.15, -0.1) is 0 Å². The minimum atomic E-state index is -0.556. The zero-order valence-corrected chi connectivity index (χ0v) is 49.4. The lowest BCUT2D eigenvalue weighted by molar-refractivity contribution is 0.215. The first-order valence-corrected chi connectivity index (χ1v) is 30.6. The maximum absolute atomic E-state index is 12.5. The average molecular weight is 1180 g/mol. The first-order valence-electron chi connectivity index (χ1n) is 30.6. The number of hydrogen-bond acceptors (Lipinski definition) is 8. The van der Waals surface area contributed by atoms with Crippen molar-refractivity contribution in [2.75, 3.05) is 16.0 Å². The number of nitrogens with zero attached hydrogens (tertiary/aromatic N) is 3. The van der Waals surface area contributed by atoms with Crippen LogP contribution in [0.2, 0.25) is 0 Å². The molecule has 3 aromatic heterocycles. The molecule has 3 aliphatic rings. The number of aromatic nitrogens is 6. The molecular formula is C72H78N12O4. The Bertz CT molecular complexity index is 3510. The number of aromatic amines is 3. The minimum absolute atomic E-state index is 0.174. The molecule has 3 aliphatic carbocycles. The molecule has 10 N–H and O–H groups in total. The average Bonchev–Trinajstić information content (AvgIpc) is 4.30. The van der Waals surface area contributed by atoms with Gasteiger partial charge in [0.1, 0.15) is 5.75 Å². The fourth-order valence-electron chi connectivity index (χ4n) is 12.0. The molecular weight excluding hydrogens is 1100 g/mol. The summed E-state index contributed by atoms with van der Waals surface area (Å²) in [7, 11) is 0. The molecule has 10 aromatic rings. The molecule has 6 unspecified atom stereocenters. The van der Waals surface area contributed by atoms with E-state index in [-0.39, 0.29) is 24.1 Å². The van der Waals surface area contributed by atoms with Gasteiger partial charge in [0.2, 0.25) is 0 Å². The van der Waals surface area contributed by atoms with Gasteiger partial charge < -0.3 is 31.7 Å². The van der Waals surface area contributed by atoms with E-state index in [9.17, 15) is 14.4 Å². The second-order valence-corrected chi connectivity index (χ2v) is 22.6. The van der Waals surface area contributed by atoms with Gasteiger partial charge in [0.05, 0.1) is 52.7 Å². The highest BCUT2D eigenvalue weighted by atomic mass is 16.6. The Morgan fingerprint density at radius 1 is 0.386 bits per heavy atom. The van der Waals surface area contributed by atoms with E-state index >= 15 is 0 Å². The van der Waals surface area contributed by atoms with Crippen LogP contribution in [-0.4, -0.2) is 66.9 Å². The molecule has 5 amide bonds. The molecule has 0 radical (unpaired) electrons. The van der Waals surface area contributed by atoms with Crippen molar-refractivity contribution in [3.63, 3.8) is 0 Å². The number of hydrogen-bond donors (Lipinski definition) is 9. The summed E-state index contributed by atoms with van der Waals surface area (Å²) in [5.74, 6) is 2.22. The number of benzene rings is 7. The predicted octanol–water partition coefficient (Wildman–Crippen LogP) is 16.2. The Labute approximate surface area is 514 Å². The Kier molecular flexibility index (Phi) is 22.1. The first kappa shape index (κ1) is 61.0. The van der Waals surface area contributed by atoms with Crippen LogP contribution in [-0.2, 0) is 0 Å². The van der Waals surface area contributed by atoms with Gasteiger partial charge in [-0.25, -0.2) is 14.4 Å². The van der Waals surface area contributed by atoms with Crippen molar-refractivity contribution in [1.82, 2.24) is 41.2 Å². The molecule has 6 atom stereocenters. The second-order valence-electron chi connectivity index (χ2n) is 22.6. The molecule has 7 aromatic carbocycles. The smallest absolute Gasteiger partial charge is 0.410 e. The van der Waals surface area contributed by atoms with Crippen LogP contribution >= 0.6 is 0 Å². The van der Waals surface area contributed by atoms with Gasteiger partial charge in [-0.2, -0.15) is 15.3 Å². The lowest BCUT2D eigenvalue weighted by Gasteiger charge is -2.30. The largest absolute Gasteiger partial charge is 0.417 e. The van der Waals surface area contributed by atoms with Crippen LogP contribution in [0.15, 0.2) is 231 Å².